The number of urea groups is 1. The Kier molecular flexibility index (Phi) is 4.60. The number of thiazole rings is 1. The van der Waals surface area contributed by atoms with Crippen LogP contribution in [0.3, 0.4) is 0 Å². The van der Waals surface area contributed by atoms with Gasteiger partial charge in [0.05, 0.1) is 25.5 Å². The molecule has 0 saturated carbocycles. The van der Waals surface area contributed by atoms with Crippen molar-refractivity contribution in [2.75, 3.05) is 32.2 Å². The van der Waals surface area contributed by atoms with Crippen molar-refractivity contribution in [1.29, 1.82) is 0 Å². The minimum Gasteiger partial charge on any atom is -0.301 e. The molecule has 2 aliphatic heterocycles. The van der Waals surface area contributed by atoms with Gasteiger partial charge in [-0.25, -0.2) is 19.3 Å². The Hall–Kier alpha value is -2.27. The predicted molar refractivity (Wildman–Crippen MR) is 96.3 cm³/mol. The van der Waals surface area contributed by atoms with Crippen molar-refractivity contribution in [3.05, 3.63) is 11.1 Å². The van der Waals surface area contributed by atoms with Crippen LogP contribution in [0, 0.1) is 6.92 Å². The van der Waals surface area contributed by atoms with Crippen molar-refractivity contribution in [3.63, 3.8) is 0 Å². The molecule has 25 heavy (non-hydrogen) atoms. The molecule has 1 aromatic heterocycles. The van der Waals surface area contributed by atoms with Gasteiger partial charge in [-0.1, -0.05) is 0 Å². The first-order valence-corrected chi connectivity index (χ1v) is 9.24. The monoisotopic (exact) mass is 381 g/mol. The number of aromatic nitrogens is 1. The third kappa shape index (κ3) is 3.16. The molecule has 1 unspecified atom stereocenters. The second-order valence-corrected chi connectivity index (χ2v) is 7.40. The van der Waals surface area contributed by atoms with Crippen LogP contribution in [0.5, 0.6) is 0 Å². The van der Waals surface area contributed by atoms with Crippen molar-refractivity contribution in [2.24, 2.45) is 4.99 Å². The van der Waals surface area contributed by atoms with E-state index in [9.17, 15) is 14.4 Å². The molecule has 3 rings (SSSR count). The highest BCUT2D eigenvalue weighted by molar-refractivity contribution is 8.14. The molecule has 3 heterocycles. The third-order valence-electron chi connectivity index (χ3n) is 3.79. The molecule has 11 heteroatoms. The number of aliphatic imine (C=N–C) groups is 1. The second kappa shape index (κ2) is 6.56. The number of thioether (sulfide) groups is 1. The van der Waals surface area contributed by atoms with Crippen molar-refractivity contribution in [1.82, 2.24) is 14.8 Å². The van der Waals surface area contributed by atoms with E-state index >= 15 is 0 Å². The molecule has 1 fully saturated rings. The van der Waals surface area contributed by atoms with Gasteiger partial charge in [0.25, 0.3) is 23.0 Å². The number of likely N-dealkylation sites (N-methyl/N-ethyl adjacent to an activating group) is 2. The molecule has 1 saturated heterocycles. The lowest BCUT2D eigenvalue weighted by molar-refractivity contribution is -0.367. The number of amides is 4. The van der Waals surface area contributed by atoms with Crippen LogP contribution in [-0.4, -0.2) is 81.1 Å². The Morgan fingerprint density at radius 2 is 2.12 bits per heavy atom. The summed E-state index contributed by atoms with van der Waals surface area (Å²) in [6.45, 7) is 1.86. The van der Waals surface area contributed by atoms with Crippen LogP contribution in [0.2, 0.25) is 0 Å². The van der Waals surface area contributed by atoms with Crippen LogP contribution in [0.4, 0.5) is 9.93 Å². The number of aryl methyl sites for hydroxylation is 1. The fraction of sp³-hybridized carbons (Fsp3) is 0.429. The minimum atomic E-state index is -0.745. The highest BCUT2D eigenvalue weighted by Gasteiger charge is 2.51. The summed E-state index contributed by atoms with van der Waals surface area (Å²) >= 11 is 2.57. The Bertz CT molecular complexity index is 830. The molecule has 4 amide bonds. The number of imide groups is 1. The maximum Gasteiger partial charge on any atom is 0.388 e. The molecule has 1 aromatic rings. The fourth-order valence-electron chi connectivity index (χ4n) is 2.54. The van der Waals surface area contributed by atoms with Gasteiger partial charge < -0.3 is 5.32 Å². The van der Waals surface area contributed by atoms with E-state index in [-0.39, 0.29) is 17.6 Å². The van der Waals surface area contributed by atoms with Gasteiger partial charge in [-0.05, 0) is 18.7 Å². The van der Waals surface area contributed by atoms with E-state index in [0.29, 0.717) is 16.1 Å². The molecule has 9 nitrogen and oxygen atoms in total. The quantitative estimate of drug-likeness (QED) is 0.766. The summed E-state index contributed by atoms with van der Waals surface area (Å²) in [6.07, 6.45) is 0. The van der Waals surface area contributed by atoms with Gasteiger partial charge in [-0.3, -0.25) is 14.5 Å². The van der Waals surface area contributed by atoms with E-state index in [1.807, 2.05) is 12.3 Å². The van der Waals surface area contributed by atoms with E-state index in [1.54, 1.807) is 18.7 Å². The Balaban J connectivity index is 1.69. The highest BCUT2D eigenvalue weighted by Crippen LogP contribution is 2.22. The first-order chi connectivity index (χ1) is 11.8. The Morgan fingerprint density at radius 1 is 1.40 bits per heavy atom. The lowest BCUT2D eigenvalue weighted by Crippen LogP contribution is -2.59. The van der Waals surface area contributed by atoms with Gasteiger partial charge in [0, 0.05) is 12.4 Å². The maximum atomic E-state index is 12.3. The predicted octanol–water partition coefficient (Wildman–Crippen LogP) is 0.426. The second-order valence-electron chi connectivity index (χ2n) is 5.60. The first-order valence-electron chi connectivity index (χ1n) is 7.38. The summed E-state index contributed by atoms with van der Waals surface area (Å²) in [6, 6.07) is -1.15. The van der Waals surface area contributed by atoms with Gasteiger partial charge in [-0.2, -0.15) is 0 Å². The molecule has 0 radical (unpaired) electrons. The molecule has 0 spiro atoms. The molecular formula is C14H17N6O3S2+. The van der Waals surface area contributed by atoms with Crippen LogP contribution in [0.25, 0.3) is 0 Å². The smallest absolute Gasteiger partial charge is 0.301 e. The number of nitrogens with one attached hydrogen (secondary N) is 1. The Morgan fingerprint density at radius 3 is 2.76 bits per heavy atom. The van der Waals surface area contributed by atoms with Crippen LogP contribution in [0.15, 0.2) is 10.4 Å². The molecule has 132 valence electrons. The van der Waals surface area contributed by atoms with Crippen molar-refractivity contribution in [2.45, 2.75) is 13.0 Å². The number of hydrogen-bond acceptors (Lipinski definition) is 7. The van der Waals surface area contributed by atoms with Crippen LogP contribution >= 0.6 is 23.1 Å². The van der Waals surface area contributed by atoms with E-state index < -0.39 is 12.1 Å². The number of fused-ring (bicyclic) bond motifs is 1. The minimum absolute atomic E-state index is 0.128. The van der Waals surface area contributed by atoms with E-state index in [2.05, 4.69) is 15.3 Å². The van der Waals surface area contributed by atoms with Gasteiger partial charge in [0.2, 0.25) is 5.91 Å². The molecule has 1 atom stereocenters. The van der Waals surface area contributed by atoms with Gasteiger partial charge in [-0.15, -0.1) is 16.3 Å². The largest absolute Gasteiger partial charge is 0.388 e. The lowest BCUT2D eigenvalue weighted by Gasteiger charge is -2.27. The average molecular weight is 381 g/mol. The zero-order chi connectivity index (χ0) is 18.3. The summed E-state index contributed by atoms with van der Waals surface area (Å²) in [7, 11) is 4.76. The summed E-state index contributed by atoms with van der Waals surface area (Å²) in [5.41, 5.74) is 0.851. The lowest BCUT2D eigenvalue weighted by atomic mass is 10.2. The number of rotatable bonds is 3. The number of carbonyl (C=O) groups excluding carboxylic acids is 3. The normalized spacial score (nSPS) is 20.2. The summed E-state index contributed by atoms with van der Waals surface area (Å²) in [5.74, 6) is 0.0572. The number of amidine groups is 2. The van der Waals surface area contributed by atoms with E-state index in [0.717, 1.165) is 10.6 Å². The Labute approximate surface area is 152 Å². The van der Waals surface area contributed by atoms with Crippen LogP contribution < -0.4 is 5.32 Å². The summed E-state index contributed by atoms with van der Waals surface area (Å²) < 4.78 is 1.68. The zero-order valence-corrected chi connectivity index (χ0v) is 15.8. The molecule has 1 N–H and O–H groups in total. The fourth-order valence-corrected chi connectivity index (χ4v) is 4.05. The standard InChI is InChI=1S/C14H16N6O3S2/c1-7-5-24-12(15-7)16-8(21)6-25-13-17-9-10(18(13)2)19(3)14(23)20(4)11(9)22/h5,9H,6H2,1-4H3/p+1. The topological polar surface area (TPSA) is 98.0 Å². The molecule has 2 aliphatic rings. The van der Waals surface area contributed by atoms with Gasteiger partial charge in [0.15, 0.2) is 5.13 Å². The zero-order valence-electron chi connectivity index (χ0n) is 14.1. The first kappa shape index (κ1) is 17.5. The van der Waals surface area contributed by atoms with E-state index in [1.165, 1.54) is 35.0 Å². The van der Waals surface area contributed by atoms with Gasteiger partial charge >= 0.3 is 6.03 Å². The molecule has 0 aliphatic carbocycles. The van der Waals surface area contributed by atoms with E-state index in [4.69, 9.17) is 0 Å². The summed E-state index contributed by atoms with van der Waals surface area (Å²) in [4.78, 5) is 47.4. The number of nitrogens with zero attached hydrogens (tertiary/aromatic N) is 5. The highest BCUT2D eigenvalue weighted by atomic mass is 32.2. The van der Waals surface area contributed by atoms with Crippen molar-refractivity contribution in [3.8, 4) is 0 Å². The molecule has 0 bridgehead atoms. The number of carbonyl (C=O) groups is 3. The SMILES string of the molecule is Cc1csc(NC(=O)CSC2=NC3C(=O)N(C)C(=O)N(C)C3=[N+]2C)n1. The van der Waals surface area contributed by atoms with Crippen molar-refractivity contribution < 1.29 is 19.0 Å². The molecule has 0 aromatic carbocycles. The average Bonchev–Trinajstić information content (AvgIpc) is 3.12. The van der Waals surface area contributed by atoms with Gasteiger partial charge in [0.1, 0.15) is 0 Å². The third-order valence-corrected chi connectivity index (χ3v) is 5.71. The number of anilines is 1. The summed E-state index contributed by atoms with van der Waals surface area (Å²) in [5, 5.41) is 5.65. The van der Waals surface area contributed by atoms with Crippen LogP contribution in [-0.2, 0) is 9.59 Å². The van der Waals surface area contributed by atoms with Crippen LogP contribution in [0.1, 0.15) is 5.69 Å². The maximum absolute atomic E-state index is 12.3. The number of hydrogen-bond donors (Lipinski definition) is 1. The van der Waals surface area contributed by atoms with Crippen molar-refractivity contribution >= 4 is 57.1 Å². The molecular weight excluding hydrogens is 364 g/mol.